The molecule has 0 spiro atoms. The Morgan fingerprint density at radius 3 is 2.60 bits per heavy atom. The lowest BCUT2D eigenvalue weighted by atomic mass is 9.99. The standard InChI is InChI=1S/C16H16O4/c1-19-13-7-8-14-11(4-3-5-12(14)10-13)6-9-15(17)16(18)20-2/h3-5,7-8,10H,6,9H2,1-2H3. The van der Waals surface area contributed by atoms with Crippen LogP contribution in [0.15, 0.2) is 36.4 Å². The lowest BCUT2D eigenvalue weighted by Gasteiger charge is -2.07. The van der Waals surface area contributed by atoms with Crippen molar-refractivity contribution in [3.63, 3.8) is 0 Å². The van der Waals surface area contributed by atoms with E-state index in [1.807, 2.05) is 36.4 Å². The van der Waals surface area contributed by atoms with Crippen molar-refractivity contribution in [2.75, 3.05) is 14.2 Å². The largest absolute Gasteiger partial charge is 0.497 e. The number of carbonyl (C=O) groups excluding carboxylic acids is 2. The van der Waals surface area contributed by atoms with Crippen molar-refractivity contribution in [1.82, 2.24) is 0 Å². The first-order valence-electron chi connectivity index (χ1n) is 6.32. The number of esters is 1. The smallest absolute Gasteiger partial charge is 0.374 e. The molecule has 0 aliphatic heterocycles. The highest BCUT2D eigenvalue weighted by Gasteiger charge is 2.14. The van der Waals surface area contributed by atoms with Crippen molar-refractivity contribution >= 4 is 22.5 Å². The van der Waals surface area contributed by atoms with Crippen LogP contribution in [0.5, 0.6) is 5.75 Å². The van der Waals surface area contributed by atoms with E-state index in [2.05, 4.69) is 4.74 Å². The van der Waals surface area contributed by atoms with E-state index >= 15 is 0 Å². The van der Waals surface area contributed by atoms with Crippen LogP contribution in [0.3, 0.4) is 0 Å². The molecule has 0 radical (unpaired) electrons. The molecule has 2 aromatic rings. The molecule has 0 heterocycles. The van der Waals surface area contributed by atoms with Crippen molar-refractivity contribution in [2.45, 2.75) is 12.8 Å². The SMILES string of the molecule is COC(=O)C(=O)CCc1cccc2cc(OC)ccc12. The van der Waals surface area contributed by atoms with Crippen LogP contribution in [0.2, 0.25) is 0 Å². The van der Waals surface area contributed by atoms with Crippen LogP contribution in [-0.2, 0) is 20.7 Å². The zero-order chi connectivity index (χ0) is 14.5. The third-order valence-electron chi connectivity index (χ3n) is 3.21. The Labute approximate surface area is 117 Å². The van der Waals surface area contributed by atoms with E-state index in [0.717, 1.165) is 22.1 Å². The summed E-state index contributed by atoms with van der Waals surface area (Å²) in [5.74, 6) is -0.495. The molecular formula is C16H16O4. The van der Waals surface area contributed by atoms with E-state index in [1.165, 1.54) is 7.11 Å². The van der Waals surface area contributed by atoms with E-state index in [9.17, 15) is 9.59 Å². The zero-order valence-corrected chi connectivity index (χ0v) is 11.5. The van der Waals surface area contributed by atoms with Gasteiger partial charge in [-0.25, -0.2) is 4.79 Å². The zero-order valence-electron chi connectivity index (χ0n) is 11.5. The highest BCUT2D eigenvalue weighted by Crippen LogP contribution is 2.24. The maximum absolute atomic E-state index is 11.5. The van der Waals surface area contributed by atoms with Gasteiger partial charge in [-0.1, -0.05) is 24.3 Å². The molecule has 0 saturated carbocycles. The number of Topliss-reactive ketones (excluding diaryl/α,β-unsaturated/α-hetero) is 1. The maximum Gasteiger partial charge on any atom is 0.374 e. The summed E-state index contributed by atoms with van der Waals surface area (Å²) in [6.07, 6.45) is 0.662. The second-order valence-electron chi connectivity index (χ2n) is 4.42. The number of carbonyl (C=O) groups is 2. The fraction of sp³-hybridized carbons (Fsp3) is 0.250. The quantitative estimate of drug-likeness (QED) is 0.620. The molecule has 0 N–H and O–H groups in total. The molecule has 104 valence electrons. The lowest BCUT2D eigenvalue weighted by molar-refractivity contribution is -0.151. The number of ketones is 1. The average molecular weight is 272 g/mol. The first-order chi connectivity index (χ1) is 9.65. The second-order valence-corrected chi connectivity index (χ2v) is 4.42. The van der Waals surface area contributed by atoms with Gasteiger partial charge in [-0.2, -0.15) is 0 Å². The van der Waals surface area contributed by atoms with Crippen LogP contribution < -0.4 is 4.74 Å². The summed E-state index contributed by atoms with van der Waals surface area (Å²) >= 11 is 0. The molecule has 0 aliphatic carbocycles. The number of ether oxygens (including phenoxy) is 2. The summed E-state index contributed by atoms with van der Waals surface area (Å²) in [4.78, 5) is 22.6. The molecule has 4 heteroatoms. The number of hydrogen-bond acceptors (Lipinski definition) is 4. The third-order valence-corrected chi connectivity index (χ3v) is 3.21. The van der Waals surface area contributed by atoms with E-state index < -0.39 is 11.8 Å². The summed E-state index contributed by atoms with van der Waals surface area (Å²) in [6.45, 7) is 0. The molecule has 4 nitrogen and oxygen atoms in total. The van der Waals surface area contributed by atoms with Gasteiger partial charge >= 0.3 is 5.97 Å². The van der Waals surface area contributed by atoms with Crippen molar-refractivity contribution in [2.24, 2.45) is 0 Å². The first-order valence-corrected chi connectivity index (χ1v) is 6.32. The van der Waals surface area contributed by atoms with Gasteiger partial charge in [0.05, 0.1) is 14.2 Å². The van der Waals surface area contributed by atoms with Crippen LogP contribution in [-0.4, -0.2) is 26.0 Å². The molecule has 0 aliphatic rings. The van der Waals surface area contributed by atoms with Gasteiger partial charge in [-0.3, -0.25) is 4.79 Å². The van der Waals surface area contributed by atoms with Gasteiger partial charge in [-0.05, 0) is 34.9 Å². The Bertz CT molecular complexity index is 646. The van der Waals surface area contributed by atoms with Gasteiger partial charge in [0.1, 0.15) is 5.75 Å². The van der Waals surface area contributed by atoms with Crippen molar-refractivity contribution < 1.29 is 19.1 Å². The molecule has 2 aromatic carbocycles. The monoisotopic (exact) mass is 272 g/mol. The van der Waals surface area contributed by atoms with Crippen molar-refractivity contribution in [3.8, 4) is 5.75 Å². The summed E-state index contributed by atoms with van der Waals surface area (Å²) in [6, 6.07) is 11.7. The Morgan fingerprint density at radius 2 is 1.90 bits per heavy atom. The molecular weight excluding hydrogens is 256 g/mol. The Kier molecular flexibility index (Phi) is 4.35. The normalized spacial score (nSPS) is 10.3. The molecule has 20 heavy (non-hydrogen) atoms. The van der Waals surface area contributed by atoms with Crippen LogP contribution in [0.4, 0.5) is 0 Å². The van der Waals surface area contributed by atoms with Gasteiger partial charge in [0.25, 0.3) is 0 Å². The van der Waals surface area contributed by atoms with Crippen molar-refractivity contribution in [1.29, 1.82) is 0 Å². The minimum Gasteiger partial charge on any atom is -0.497 e. The number of fused-ring (bicyclic) bond motifs is 1. The highest BCUT2D eigenvalue weighted by atomic mass is 16.5. The van der Waals surface area contributed by atoms with Crippen LogP contribution >= 0.6 is 0 Å². The average Bonchev–Trinajstić information content (AvgIpc) is 2.50. The molecule has 0 atom stereocenters. The molecule has 0 bridgehead atoms. The minimum absolute atomic E-state index is 0.151. The Hall–Kier alpha value is -2.36. The highest BCUT2D eigenvalue weighted by molar-refractivity contribution is 6.33. The molecule has 0 saturated heterocycles. The summed E-state index contributed by atoms with van der Waals surface area (Å²) in [5, 5.41) is 2.11. The number of methoxy groups -OCH3 is 2. The van der Waals surface area contributed by atoms with Crippen LogP contribution in [0, 0.1) is 0 Å². The number of rotatable bonds is 5. The van der Waals surface area contributed by atoms with Gasteiger partial charge in [0.15, 0.2) is 0 Å². The summed E-state index contributed by atoms with van der Waals surface area (Å²) in [5.41, 5.74) is 1.03. The fourth-order valence-electron chi connectivity index (χ4n) is 2.14. The first kappa shape index (κ1) is 14.1. The maximum atomic E-state index is 11.5. The van der Waals surface area contributed by atoms with Crippen LogP contribution in [0.1, 0.15) is 12.0 Å². The Morgan fingerprint density at radius 1 is 1.10 bits per heavy atom. The van der Waals surface area contributed by atoms with E-state index in [-0.39, 0.29) is 6.42 Å². The third kappa shape index (κ3) is 2.96. The van der Waals surface area contributed by atoms with Gasteiger partial charge in [0.2, 0.25) is 5.78 Å². The predicted molar refractivity (Wildman–Crippen MR) is 75.8 cm³/mol. The molecule has 0 unspecified atom stereocenters. The molecule has 0 fully saturated rings. The summed E-state index contributed by atoms with van der Waals surface area (Å²) < 4.78 is 9.60. The Balaban J connectivity index is 2.22. The van der Waals surface area contributed by atoms with Gasteiger partial charge in [-0.15, -0.1) is 0 Å². The lowest BCUT2D eigenvalue weighted by Crippen LogP contribution is -2.15. The molecule has 0 aromatic heterocycles. The number of benzene rings is 2. The van der Waals surface area contributed by atoms with E-state index in [1.54, 1.807) is 7.11 Å². The van der Waals surface area contributed by atoms with Gasteiger partial charge in [0, 0.05) is 6.42 Å². The summed E-state index contributed by atoms with van der Waals surface area (Å²) in [7, 11) is 2.84. The van der Waals surface area contributed by atoms with Gasteiger partial charge < -0.3 is 9.47 Å². The predicted octanol–water partition coefficient (Wildman–Crippen LogP) is 2.52. The van der Waals surface area contributed by atoms with E-state index in [4.69, 9.17) is 4.74 Å². The van der Waals surface area contributed by atoms with E-state index in [0.29, 0.717) is 6.42 Å². The minimum atomic E-state index is -0.785. The second kappa shape index (κ2) is 6.19. The fourth-order valence-corrected chi connectivity index (χ4v) is 2.14. The number of hydrogen-bond donors (Lipinski definition) is 0. The van der Waals surface area contributed by atoms with Crippen molar-refractivity contribution in [3.05, 3.63) is 42.0 Å². The topological polar surface area (TPSA) is 52.6 Å². The molecule has 2 rings (SSSR count). The van der Waals surface area contributed by atoms with Crippen LogP contribution in [0.25, 0.3) is 10.8 Å². The number of aryl methyl sites for hydroxylation is 1. The molecule has 0 amide bonds.